The van der Waals surface area contributed by atoms with Gasteiger partial charge in [0.25, 0.3) is 5.69 Å². The molecule has 24 heavy (non-hydrogen) atoms. The van der Waals surface area contributed by atoms with E-state index in [1.807, 2.05) is 0 Å². The SMILES string of the molecule is CC(=O)OCCCCCCCOCC#Cc1cccc([N+](=O)[O-])c1. The maximum absolute atomic E-state index is 10.7. The van der Waals surface area contributed by atoms with Crippen molar-refractivity contribution in [3.05, 3.63) is 39.9 Å². The van der Waals surface area contributed by atoms with Crippen LogP contribution in [0.15, 0.2) is 24.3 Å². The molecule has 0 N–H and O–H groups in total. The van der Waals surface area contributed by atoms with Crippen molar-refractivity contribution < 1.29 is 19.2 Å². The molecule has 130 valence electrons. The lowest BCUT2D eigenvalue weighted by atomic mass is 10.1. The Kier molecular flexibility index (Phi) is 9.90. The van der Waals surface area contributed by atoms with Crippen molar-refractivity contribution in [3.63, 3.8) is 0 Å². The Bertz CT molecular complexity index is 589. The highest BCUT2D eigenvalue weighted by Crippen LogP contribution is 2.11. The summed E-state index contributed by atoms with van der Waals surface area (Å²) in [5, 5.41) is 10.7. The van der Waals surface area contributed by atoms with E-state index in [1.165, 1.54) is 19.1 Å². The van der Waals surface area contributed by atoms with Crippen molar-refractivity contribution in [2.75, 3.05) is 19.8 Å². The summed E-state index contributed by atoms with van der Waals surface area (Å²) in [6.07, 6.45) is 5.06. The van der Waals surface area contributed by atoms with Crippen LogP contribution in [0.2, 0.25) is 0 Å². The van der Waals surface area contributed by atoms with E-state index in [1.54, 1.807) is 12.1 Å². The van der Waals surface area contributed by atoms with Gasteiger partial charge in [-0.1, -0.05) is 37.2 Å². The van der Waals surface area contributed by atoms with Gasteiger partial charge in [0, 0.05) is 31.2 Å². The molecule has 0 aromatic heterocycles. The molecule has 1 aromatic rings. The molecule has 0 spiro atoms. The topological polar surface area (TPSA) is 78.7 Å². The fourth-order valence-corrected chi connectivity index (χ4v) is 2.01. The Labute approximate surface area is 142 Å². The van der Waals surface area contributed by atoms with E-state index in [2.05, 4.69) is 11.8 Å². The maximum atomic E-state index is 10.7. The van der Waals surface area contributed by atoms with Crippen LogP contribution in [-0.2, 0) is 14.3 Å². The van der Waals surface area contributed by atoms with E-state index in [0.717, 1.165) is 32.1 Å². The Morgan fingerprint density at radius 2 is 1.88 bits per heavy atom. The van der Waals surface area contributed by atoms with Gasteiger partial charge in [0.2, 0.25) is 0 Å². The number of nitro groups is 1. The third-order valence-corrected chi connectivity index (χ3v) is 3.20. The molecule has 0 bridgehead atoms. The molecule has 0 aliphatic rings. The average Bonchev–Trinajstić information content (AvgIpc) is 2.55. The highest BCUT2D eigenvalue weighted by atomic mass is 16.6. The van der Waals surface area contributed by atoms with Gasteiger partial charge in [0.15, 0.2) is 0 Å². The molecule has 6 heteroatoms. The monoisotopic (exact) mass is 333 g/mol. The average molecular weight is 333 g/mol. The zero-order valence-corrected chi connectivity index (χ0v) is 14.0. The van der Waals surface area contributed by atoms with Crippen LogP contribution in [0.5, 0.6) is 0 Å². The number of nitro benzene ring substituents is 1. The molecule has 0 aliphatic carbocycles. The summed E-state index contributed by atoms with van der Waals surface area (Å²) in [5.41, 5.74) is 0.650. The number of ether oxygens (including phenoxy) is 2. The van der Waals surface area contributed by atoms with Gasteiger partial charge in [0.05, 0.1) is 11.5 Å². The van der Waals surface area contributed by atoms with Crippen LogP contribution in [0.3, 0.4) is 0 Å². The van der Waals surface area contributed by atoms with Crippen LogP contribution in [0.1, 0.15) is 44.6 Å². The van der Waals surface area contributed by atoms with Crippen LogP contribution in [-0.4, -0.2) is 30.7 Å². The molecule has 6 nitrogen and oxygen atoms in total. The number of hydrogen-bond acceptors (Lipinski definition) is 5. The minimum Gasteiger partial charge on any atom is -0.466 e. The Hall–Kier alpha value is -2.39. The van der Waals surface area contributed by atoms with Crippen molar-refractivity contribution in [3.8, 4) is 11.8 Å². The molecule has 0 heterocycles. The highest BCUT2D eigenvalue weighted by molar-refractivity contribution is 5.65. The summed E-state index contributed by atoms with van der Waals surface area (Å²) in [6.45, 7) is 2.88. The minimum absolute atomic E-state index is 0.0384. The van der Waals surface area contributed by atoms with Crippen LogP contribution < -0.4 is 0 Å². The fraction of sp³-hybridized carbons (Fsp3) is 0.500. The molecular weight excluding hydrogens is 310 g/mol. The number of benzene rings is 1. The fourth-order valence-electron chi connectivity index (χ4n) is 2.01. The van der Waals surface area contributed by atoms with Crippen LogP contribution in [0.4, 0.5) is 5.69 Å². The van der Waals surface area contributed by atoms with Gasteiger partial charge in [-0.25, -0.2) is 0 Å². The first-order valence-electron chi connectivity index (χ1n) is 8.04. The zero-order valence-electron chi connectivity index (χ0n) is 14.0. The van der Waals surface area contributed by atoms with E-state index in [-0.39, 0.29) is 11.7 Å². The number of esters is 1. The molecule has 0 fully saturated rings. The number of nitrogens with zero attached hydrogens (tertiary/aromatic N) is 1. The Morgan fingerprint density at radius 1 is 1.17 bits per heavy atom. The number of hydrogen-bond donors (Lipinski definition) is 0. The third kappa shape index (κ3) is 9.59. The number of rotatable bonds is 10. The molecule has 0 atom stereocenters. The summed E-state index contributed by atoms with van der Waals surface area (Å²) >= 11 is 0. The summed E-state index contributed by atoms with van der Waals surface area (Å²) in [4.78, 5) is 20.8. The van der Waals surface area contributed by atoms with Gasteiger partial charge in [-0.15, -0.1) is 0 Å². The number of carbonyl (C=O) groups excluding carboxylic acids is 1. The molecule has 1 rings (SSSR count). The lowest BCUT2D eigenvalue weighted by Gasteiger charge is -2.02. The van der Waals surface area contributed by atoms with E-state index in [9.17, 15) is 14.9 Å². The van der Waals surface area contributed by atoms with Crippen molar-refractivity contribution in [1.29, 1.82) is 0 Å². The summed E-state index contributed by atoms with van der Waals surface area (Å²) < 4.78 is 10.3. The van der Waals surface area contributed by atoms with Gasteiger partial charge >= 0.3 is 5.97 Å². The standard InChI is InChI=1S/C18H23NO5/c1-16(20)24-14-6-4-2-3-5-12-23-13-8-10-17-9-7-11-18(15-17)19(21)22/h7,9,11,15H,2-6,12-14H2,1H3. The van der Waals surface area contributed by atoms with Crippen LogP contribution >= 0.6 is 0 Å². The molecule has 1 aromatic carbocycles. The molecule has 0 saturated carbocycles. The van der Waals surface area contributed by atoms with Crippen molar-refractivity contribution in [1.82, 2.24) is 0 Å². The third-order valence-electron chi connectivity index (χ3n) is 3.20. The Balaban J connectivity index is 2.04. The predicted octanol–water partition coefficient (Wildman–Crippen LogP) is 3.48. The van der Waals surface area contributed by atoms with Gasteiger partial charge in [-0.3, -0.25) is 14.9 Å². The summed E-state index contributed by atoms with van der Waals surface area (Å²) in [5.74, 6) is 5.48. The minimum atomic E-state index is -0.437. The first-order chi connectivity index (χ1) is 11.6. The lowest BCUT2D eigenvalue weighted by Crippen LogP contribution is -2.00. The molecule has 0 saturated heterocycles. The Morgan fingerprint density at radius 3 is 2.58 bits per heavy atom. The molecular formula is C18H23NO5. The van der Waals surface area contributed by atoms with E-state index in [0.29, 0.717) is 25.4 Å². The summed E-state index contributed by atoms with van der Waals surface area (Å²) in [6, 6.07) is 6.23. The first-order valence-corrected chi connectivity index (χ1v) is 8.04. The number of carbonyl (C=O) groups is 1. The van der Waals surface area contributed by atoms with Gasteiger partial charge in [-0.2, -0.15) is 0 Å². The molecule has 0 amide bonds. The normalized spacial score (nSPS) is 9.88. The van der Waals surface area contributed by atoms with E-state index in [4.69, 9.17) is 9.47 Å². The van der Waals surface area contributed by atoms with Crippen LogP contribution in [0, 0.1) is 22.0 Å². The zero-order chi connectivity index (χ0) is 17.6. The number of unbranched alkanes of at least 4 members (excludes halogenated alkanes) is 4. The van der Waals surface area contributed by atoms with E-state index >= 15 is 0 Å². The molecule has 0 radical (unpaired) electrons. The second kappa shape index (κ2) is 12.1. The molecule has 0 unspecified atom stereocenters. The van der Waals surface area contributed by atoms with Crippen LogP contribution in [0.25, 0.3) is 0 Å². The predicted molar refractivity (Wildman–Crippen MR) is 90.5 cm³/mol. The first kappa shape index (κ1) is 19.7. The van der Waals surface area contributed by atoms with Gasteiger partial charge in [-0.05, 0) is 18.9 Å². The molecule has 0 aliphatic heterocycles. The maximum Gasteiger partial charge on any atom is 0.302 e. The van der Waals surface area contributed by atoms with Crippen molar-refractivity contribution in [2.45, 2.75) is 39.0 Å². The van der Waals surface area contributed by atoms with Gasteiger partial charge in [0.1, 0.15) is 6.61 Å². The summed E-state index contributed by atoms with van der Waals surface area (Å²) in [7, 11) is 0. The smallest absolute Gasteiger partial charge is 0.302 e. The second-order valence-electron chi connectivity index (χ2n) is 5.27. The highest BCUT2D eigenvalue weighted by Gasteiger charge is 2.03. The lowest BCUT2D eigenvalue weighted by molar-refractivity contribution is -0.384. The van der Waals surface area contributed by atoms with Gasteiger partial charge < -0.3 is 9.47 Å². The quantitative estimate of drug-likeness (QED) is 0.215. The van der Waals surface area contributed by atoms with E-state index < -0.39 is 4.92 Å². The number of non-ortho nitro benzene ring substituents is 1. The van der Waals surface area contributed by atoms with Crippen molar-refractivity contribution >= 4 is 11.7 Å². The second-order valence-corrected chi connectivity index (χ2v) is 5.27. The van der Waals surface area contributed by atoms with Crippen molar-refractivity contribution in [2.24, 2.45) is 0 Å². The largest absolute Gasteiger partial charge is 0.466 e.